The summed E-state index contributed by atoms with van der Waals surface area (Å²) in [5, 5.41) is 6.49. The molecule has 1 N–H and O–H groups in total. The molecule has 1 fully saturated rings. The molecule has 1 aromatic carbocycles. The highest BCUT2D eigenvalue weighted by Gasteiger charge is 2.41. The summed E-state index contributed by atoms with van der Waals surface area (Å²) < 4.78 is 27.4. The molecule has 0 radical (unpaired) electrons. The van der Waals surface area contributed by atoms with Crippen LogP contribution >= 0.6 is 0 Å². The van der Waals surface area contributed by atoms with Gasteiger partial charge in [-0.15, -0.1) is 0 Å². The summed E-state index contributed by atoms with van der Waals surface area (Å²) in [5.41, 5.74) is 3.60. The minimum absolute atomic E-state index is 0.0907. The standard InChI is InChI=1S/C18H17F2N3O/c1-9-10-6-7-11(9)15-12(10)4-3-5-14(15)21-18(24)13-8-23(2)22-16(13)17(19)20/h3-5,8,10-11,17H,1,6-7H2,2H3,(H,21,24)/t10-,11+/m0/s1. The van der Waals surface area contributed by atoms with Gasteiger partial charge < -0.3 is 5.32 Å². The largest absolute Gasteiger partial charge is 0.322 e. The van der Waals surface area contributed by atoms with Crippen LogP contribution < -0.4 is 5.32 Å². The van der Waals surface area contributed by atoms with Gasteiger partial charge in [0, 0.05) is 30.8 Å². The number of rotatable bonds is 3. The van der Waals surface area contributed by atoms with E-state index in [0.717, 1.165) is 18.4 Å². The number of nitrogens with zero attached hydrogens (tertiary/aromatic N) is 2. The Morgan fingerprint density at radius 3 is 2.88 bits per heavy atom. The second-order valence-corrected chi connectivity index (χ2v) is 6.42. The predicted molar refractivity (Wildman–Crippen MR) is 86.4 cm³/mol. The molecule has 2 bridgehead atoms. The molecule has 24 heavy (non-hydrogen) atoms. The summed E-state index contributed by atoms with van der Waals surface area (Å²) >= 11 is 0. The monoisotopic (exact) mass is 329 g/mol. The maximum absolute atomic E-state index is 13.1. The summed E-state index contributed by atoms with van der Waals surface area (Å²) in [5.74, 6) is 0.0574. The molecule has 6 heteroatoms. The van der Waals surface area contributed by atoms with E-state index in [4.69, 9.17) is 0 Å². The fourth-order valence-electron chi connectivity index (χ4n) is 4.05. The van der Waals surface area contributed by atoms with Crippen LogP contribution in [-0.4, -0.2) is 15.7 Å². The van der Waals surface area contributed by atoms with E-state index < -0.39 is 18.0 Å². The first-order valence-electron chi connectivity index (χ1n) is 7.92. The molecular formula is C18H17F2N3O. The second-order valence-electron chi connectivity index (χ2n) is 6.42. The Morgan fingerprint density at radius 2 is 2.12 bits per heavy atom. The van der Waals surface area contributed by atoms with Crippen molar-refractivity contribution in [2.45, 2.75) is 31.1 Å². The van der Waals surface area contributed by atoms with Crippen molar-refractivity contribution in [1.29, 1.82) is 0 Å². The van der Waals surface area contributed by atoms with Crippen molar-refractivity contribution >= 4 is 11.6 Å². The van der Waals surface area contributed by atoms with E-state index in [1.165, 1.54) is 29.1 Å². The van der Waals surface area contributed by atoms with Crippen molar-refractivity contribution in [2.24, 2.45) is 7.05 Å². The number of aryl methyl sites for hydroxylation is 1. The van der Waals surface area contributed by atoms with Gasteiger partial charge in [0.2, 0.25) is 0 Å². The van der Waals surface area contributed by atoms with Crippen molar-refractivity contribution in [2.75, 3.05) is 5.32 Å². The Hall–Kier alpha value is -2.50. The lowest BCUT2D eigenvalue weighted by atomic mass is 9.90. The fourth-order valence-corrected chi connectivity index (χ4v) is 4.05. The van der Waals surface area contributed by atoms with E-state index in [0.29, 0.717) is 11.6 Å². The molecule has 2 aromatic rings. The zero-order valence-electron chi connectivity index (χ0n) is 13.2. The topological polar surface area (TPSA) is 46.9 Å². The van der Waals surface area contributed by atoms with Crippen molar-refractivity contribution < 1.29 is 13.6 Å². The summed E-state index contributed by atoms with van der Waals surface area (Å²) in [7, 11) is 1.52. The number of allylic oxidation sites excluding steroid dienone is 1. The number of fused-ring (bicyclic) bond motifs is 5. The summed E-state index contributed by atoms with van der Waals surface area (Å²) in [4.78, 5) is 12.5. The third kappa shape index (κ3) is 2.09. The number of hydrogen-bond acceptors (Lipinski definition) is 2. The average Bonchev–Trinajstić information content (AvgIpc) is 3.19. The Balaban J connectivity index is 1.69. The number of carbonyl (C=O) groups is 1. The maximum atomic E-state index is 13.1. The predicted octanol–water partition coefficient (Wildman–Crippen LogP) is 4.14. The van der Waals surface area contributed by atoms with Crippen LogP contribution in [0.25, 0.3) is 0 Å². The number of nitrogens with one attached hydrogen (secondary N) is 1. The number of anilines is 1. The molecule has 2 aliphatic carbocycles. The SMILES string of the molecule is C=C1[C@H]2CC[C@@H]1c1cccc(NC(=O)c3cn(C)nc3C(F)F)c12. The van der Waals surface area contributed by atoms with Gasteiger partial charge in [-0.05, 0) is 30.0 Å². The molecule has 1 aromatic heterocycles. The maximum Gasteiger partial charge on any atom is 0.282 e. The lowest BCUT2D eigenvalue weighted by Gasteiger charge is -2.18. The molecule has 2 aliphatic rings. The molecule has 1 heterocycles. The molecule has 1 amide bonds. The number of benzene rings is 1. The zero-order chi connectivity index (χ0) is 17.0. The molecule has 0 unspecified atom stereocenters. The molecule has 4 nitrogen and oxygen atoms in total. The van der Waals surface area contributed by atoms with E-state index in [1.54, 1.807) is 0 Å². The van der Waals surface area contributed by atoms with Crippen molar-refractivity contribution in [3.8, 4) is 0 Å². The van der Waals surface area contributed by atoms with Gasteiger partial charge in [-0.3, -0.25) is 9.48 Å². The number of hydrogen-bond donors (Lipinski definition) is 1. The van der Waals surface area contributed by atoms with Crippen LogP contribution in [0.2, 0.25) is 0 Å². The van der Waals surface area contributed by atoms with Gasteiger partial charge in [0.1, 0.15) is 5.69 Å². The van der Waals surface area contributed by atoms with Gasteiger partial charge >= 0.3 is 0 Å². The van der Waals surface area contributed by atoms with Crippen LogP contribution in [0.5, 0.6) is 0 Å². The molecular weight excluding hydrogens is 312 g/mol. The molecule has 124 valence electrons. The van der Waals surface area contributed by atoms with Gasteiger partial charge in [-0.2, -0.15) is 5.10 Å². The Bertz CT molecular complexity index is 856. The Labute approximate surface area is 138 Å². The first kappa shape index (κ1) is 15.1. The average molecular weight is 329 g/mol. The summed E-state index contributed by atoms with van der Waals surface area (Å²) in [6.45, 7) is 4.19. The second kappa shape index (κ2) is 5.26. The van der Waals surface area contributed by atoms with Crippen LogP contribution in [0.4, 0.5) is 14.5 Å². The number of alkyl halides is 2. The van der Waals surface area contributed by atoms with E-state index in [2.05, 4.69) is 23.1 Å². The fraction of sp³-hybridized carbons (Fsp3) is 0.333. The van der Waals surface area contributed by atoms with E-state index in [9.17, 15) is 13.6 Å². The van der Waals surface area contributed by atoms with Gasteiger partial charge in [0.05, 0.1) is 5.56 Å². The van der Waals surface area contributed by atoms with Gasteiger partial charge in [-0.1, -0.05) is 24.3 Å². The van der Waals surface area contributed by atoms with E-state index in [-0.39, 0.29) is 11.5 Å². The van der Waals surface area contributed by atoms with Gasteiger partial charge in [-0.25, -0.2) is 8.78 Å². The third-order valence-corrected chi connectivity index (χ3v) is 5.06. The van der Waals surface area contributed by atoms with Crippen molar-refractivity contribution in [3.05, 3.63) is 58.9 Å². The first-order valence-corrected chi connectivity index (χ1v) is 7.92. The number of aromatic nitrogens is 2. The van der Waals surface area contributed by atoms with E-state index in [1.807, 2.05) is 12.1 Å². The minimum atomic E-state index is -2.79. The van der Waals surface area contributed by atoms with Crippen LogP contribution in [0.3, 0.4) is 0 Å². The molecule has 1 saturated carbocycles. The number of carbonyl (C=O) groups excluding carboxylic acids is 1. The highest BCUT2D eigenvalue weighted by Crippen LogP contribution is 2.58. The lowest BCUT2D eigenvalue weighted by molar-refractivity contribution is 0.101. The first-order chi connectivity index (χ1) is 11.5. The molecule has 4 rings (SSSR count). The van der Waals surface area contributed by atoms with Crippen LogP contribution in [0.15, 0.2) is 36.5 Å². The highest BCUT2D eigenvalue weighted by molar-refractivity contribution is 6.05. The molecule has 0 saturated heterocycles. The van der Waals surface area contributed by atoms with Gasteiger partial charge in [0.15, 0.2) is 0 Å². The van der Waals surface area contributed by atoms with Crippen molar-refractivity contribution in [1.82, 2.24) is 9.78 Å². The number of amides is 1. The Morgan fingerprint density at radius 1 is 1.38 bits per heavy atom. The summed E-state index contributed by atoms with van der Waals surface area (Å²) in [6, 6.07) is 5.78. The molecule has 0 aliphatic heterocycles. The normalized spacial score (nSPS) is 21.4. The van der Waals surface area contributed by atoms with Gasteiger partial charge in [0.25, 0.3) is 12.3 Å². The summed E-state index contributed by atoms with van der Waals surface area (Å²) in [6.07, 6.45) is 0.652. The Kier molecular flexibility index (Phi) is 3.30. The molecule has 0 spiro atoms. The zero-order valence-corrected chi connectivity index (χ0v) is 13.2. The third-order valence-electron chi connectivity index (χ3n) is 5.06. The smallest absolute Gasteiger partial charge is 0.282 e. The van der Waals surface area contributed by atoms with E-state index >= 15 is 0 Å². The van der Waals surface area contributed by atoms with Crippen LogP contribution in [0, 0.1) is 0 Å². The number of halogens is 2. The highest BCUT2D eigenvalue weighted by atomic mass is 19.3. The van der Waals surface area contributed by atoms with Crippen molar-refractivity contribution in [3.63, 3.8) is 0 Å². The molecule has 2 atom stereocenters. The van der Waals surface area contributed by atoms with Crippen LogP contribution in [-0.2, 0) is 7.05 Å². The quantitative estimate of drug-likeness (QED) is 0.860. The van der Waals surface area contributed by atoms with Crippen LogP contribution in [0.1, 0.15) is 58.3 Å². The minimum Gasteiger partial charge on any atom is -0.322 e. The lowest BCUT2D eigenvalue weighted by Crippen LogP contribution is -2.16.